The predicted octanol–water partition coefficient (Wildman–Crippen LogP) is 5.86. The summed E-state index contributed by atoms with van der Waals surface area (Å²) in [6.07, 6.45) is 16.4. The van der Waals surface area contributed by atoms with Crippen LogP contribution < -0.4 is 0 Å². The molecule has 1 fully saturated rings. The van der Waals surface area contributed by atoms with Gasteiger partial charge in [0.25, 0.3) is 12.4 Å². The average Bonchev–Trinajstić information content (AvgIpc) is 3.10. The molecule has 0 saturated carbocycles. The Morgan fingerprint density at radius 2 is 1.85 bits per heavy atom. The minimum absolute atomic E-state index is 0.0134. The molecule has 2 aliphatic rings. The number of benzene rings is 1. The number of carbonyl (C=O) groups excluding carboxylic acids is 2. The zero-order chi connectivity index (χ0) is 24.2. The molecule has 6 heteroatoms. The molecule has 1 aliphatic heterocycles. The molecule has 1 atom stereocenters. The molecule has 1 unspecified atom stereocenters. The summed E-state index contributed by atoms with van der Waals surface area (Å²) in [5.41, 5.74) is 2.21. The van der Waals surface area contributed by atoms with E-state index in [1.807, 2.05) is 36.9 Å². The van der Waals surface area contributed by atoms with Crippen LogP contribution in [0.15, 0.2) is 48.7 Å². The molecule has 4 rings (SSSR count). The molecule has 1 aliphatic carbocycles. The van der Waals surface area contributed by atoms with Crippen molar-refractivity contribution in [2.24, 2.45) is 11.8 Å². The van der Waals surface area contributed by atoms with E-state index in [1.54, 1.807) is 13.1 Å². The number of allylic oxidation sites excluding steroid dienone is 4. The van der Waals surface area contributed by atoms with E-state index in [1.165, 1.54) is 19.3 Å². The topological polar surface area (TPSA) is 90.5 Å². The quantitative estimate of drug-likeness (QED) is 0.449. The molecule has 1 saturated heterocycles. The largest absolute Gasteiger partial charge is 0.483 e. The second-order valence-corrected chi connectivity index (χ2v) is 8.25. The van der Waals surface area contributed by atoms with Crippen LogP contribution in [0.2, 0.25) is 0 Å². The molecule has 1 aromatic heterocycles. The fourth-order valence-electron chi connectivity index (χ4n) is 4.53. The van der Waals surface area contributed by atoms with Gasteiger partial charge in [0, 0.05) is 41.3 Å². The number of nitrogens with one attached hydrogen (secondary N) is 1. The second kappa shape index (κ2) is 13.4. The first-order valence-electron chi connectivity index (χ1n) is 11.9. The first-order valence-corrected chi connectivity index (χ1v) is 11.9. The van der Waals surface area contributed by atoms with Crippen LogP contribution in [0.5, 0.6) is 0 Å². The summed E-state index contributed by atoms with van der Waals surface area (Å²) in [5.74, 6) is 1.46. The summed E-state index contributed by atoms with van der Waals surface area (Å²) in [4.78, 5) is 38.2. The van der Waals surface area contributed by atoms with Crippen molar-refractivity contribution >= 4 is 29.1 Å². The van der Waals surface area contributed by atoms with Crippen molar-refractivity contribution in [3.63, 3.8) is 0 Å². The Kier molecular flexibility index (Phi) is 10.6. The normalized spacial score (nSPS) is 17.9. The third kappa shape index (κ3) is 7.17. The number of H-pyrrole nitrogens is 1. The molecular formula is C27H36N2O4. The van der Waals surface area contributed by atoms with Crippen molar-refractivity contribution in [2.75, 3.05) is 13.1 Å². The number of carbonyl (C=O) groups is 3. The van der Waals surface area contributed by atoms with Crippen LogP contribution in [0, 0.1) is 11.8 Å². The van der Waals surface area contributed by atoms with Crippen LogP contribution in [0.4, 0.5) is 0 Å². The first kappa shape index (κ1) is 26.1. The molecule has 0 spiro atoms. The monoisotopic (exact) mass is 452 g/mol. The molecule has 178 valence electrons. The van der Waals surface area contributed by atoms with E-state index >= 15 is 0 Å². The number of amides is 1. The number of ketones is 1. The zero-order valence-electron chi connectivity index (χ0n) is 19.9. The fraction of sp³-hybridized carbons (Fsp3) is 0.444. The van der Waals surface area contributed by atoms with Gasteiger partial charge in [-0.2, -0.15) is 0 Å². The van der Waals surface area contributed by atoms with E-state index in [-0.39, 0.29) is 18.2 Å². The van der Waals surface area contributed by atoms with Gasteiger partial charge in [0.1, 0.15) is 0 Å². The molecule has 1 amide bonds. The summed E-state index contributed by atoms with van der Waals surface area (Å²) in [6, 6.07) is 5.62. The number of fused-ring (bicyclic) bond motifs is 1. The van der Waals surface area contributed by atoms with Crippen molar-refractivity contribution in [1.82, 2.24) is 9.88 Å². The van der Waals surface area contributed by atoms with E-state index in [0.717, 1.165) is 36.8 Å². The summed E-state index contributed by atoms with van der Waals surface area (Å²) < 4.78 is 0. The molecule has 2 N–H and O–H groups in total. The van der Waals surface area contributed by atoms with Gasteiger partial charge in [0.15, 0.2) is 5.78 Å². The standard InChI is InChI=1S/C24H28N2O2.C2H6.CH2O2/c1-17(27)22-16-25-23-9-8-20(15-21(22)23)24(28)26-12-10-19(11-13-26)14-18-6-4-2-3-5-7-18;1-2;2-1-3/h2-4,6,8-9,15-16,18-19,25H,5,7,10-14H2,1H3;1-2H3;1H,(H,2,3). The Hall–Kier alpha value is -3.15. The van der Waals surface area contributed by atoms with E-state index < -0.39 is 0 Å². The highest BCUT2D eigenvalue weighted by atomic mass is 16.3. The number of nitrogens with zero attached hydrogens (tertiary/aromatic N) is 1. The van der Waals surface area contributed by atoms with Crippen LogP contribution in [-0.2, 0) is 4.79 Å². The Morgan fingerprint density at radius 1 is 1.15 bits per heavy atom. The molecule has 1 aromatic carbocycles. The molecule has 2 aromatic rings. The third-order valence-electron chi connectivity index (χ3n) is 6.18. The minimum atomic E-state index is -0.250. The number of piperidine rings is 1. The van der Waals surface area contributed by atoms with Crippen molar-refractivity contribution < 1.29 is 19.5 Å². The highest BCUT2D eigenvalue weighted by Gasteiger charge is 2.25. The van der Waals surface area contributed by atoms with Gasteiger partial charge in [-0.1, -0.05) is 38.2 Å². The van der Waals surface area contributed by atoms with Gasteiger partial charge in [0.05, 0.1) is 0 Å². The van der Waals surface area contributed by atoms with Crippen LogP contribution in [0.3, 0.4) is 0 Å². The van der Waals surface area contributed by atoms with E-state index in [4.69, 9.17) is 9.90 Å². The Labute approximate surface area is 196 Å². The smallest absolute Gasteiger partial charge is 0.290 e. The average molecular weight is 453 g/mol. The SMILES string of the molecule is CC.CC(=O)c1c[nH]c2ccc(C(=O)N3CCC(CC4C=CC=CCC4)CC3)cc12.O=CO. The number of hydrogen-bond acceptors (Lipinski definition) is 3. The number of hydrogen-bond donors (Lipinski definition) is 2. The predicted molar refractivity (Wildman–Crippen MR) is 133 cm³/mol. The van der Waals surface area contributed by atoms with Crippen LogP contribution in [-0.4, -0.2) is 46.2 Å². The van der Waals surface area contributed by atoms with Gasteiger partial charge in [-0.3, -0.25) is 14.4 Å². The fourth-order valence-corrected chi connectivity index (χ4v) is 4.53. The van der Waals surface area contributed by atoms with E-state index in [9.17, 15) is 9.59 Å². The number of likely N-dealkylation sites (tertiary alicyclic amines) is 1. The Balaban J connectivity index is 0.000000714. The van der Waals surface area contributed by atoms with Crippen molar-refractivity contribution in [2.45, 2.75) is 52.9 Å². The van der Waals surface area contributed by atoms with Gasteiger partial charge in [-0.25, -0.2) is 0 Å². The summed E-state index contributed by atoms with van der Waals surface area (Å²) in [5, 5.41) is 7.72. The molecule has 0 bridgehead atoms. The summed E-state index contributed by atoms with van der Waals surface area (Å²) >= 11 is 0. The van der Waals surface area contributed by atoms with Gasteiger partial charge in [-0.15, -0.1) is 0 Å². The maximum Gasteiger partial charge on any atom is 0.290 e. The summed E-state index contributed by atoms with van der Waals surface area (Å²) in [6.45, 7) is 6.95. The molecule has 6 nitrogen and oxygen atoms in total. The highest BCUT2D eigenvalue weighted by Crippen LogP contribution is 2.29. The maximum atomic E-state index is 13.0. The number of rotatable bonds is 4. The maximum absolute atomic E-state index is 13.0. The van der Waals surface area contributed by atoms with Crippen molar-refractivity contribution in [3.05, 3.63) is 59.8 Å². The lowest BCUT2D eigenvalue weighted by molar-refractivity contribution is -0.122. The molecule has 0 radical (unpaired) electrons. The lowest BCUT2D eigenvalue weighted by atomic mass is 9.85. The second-order valence-electron chi connectivity index (χ2n) is 8.25. The molecule has 33 heavy (non-hydrogen) atoms. The zero-order valence-corrected chi connectivity index (χ0v) is 19.9. The van der Waals surface area contributed by atoms with Crippen LogP contribution in [0.1, 0.15) is 73.6 Å². The van der Waals surface area contributed by atoms with Crippen LogP contribution >= 0.6 is 0 Å². The van der Waals surface area contributed by atoms with E-state index in [0.29, 0.717) is 23.0 Å². The third-order valence-corrected chi connectivity index (χ3v) is 6.18. The number of Topliss-reactive ketones (excluding diaryl/α,β-unsaturated/α-hetero) is 1. The Morgan fingerprint density at radius 3 is 2.52 bits per heavy atom. The minimum Gasteiger partial charge on any atom is -0.483 e. The number of aromatic amines is 1. The van der Waals surface area contributed by atoms with Crippen molar-refractivity contribution in [3.8, 4) is 0 Å². The Bertz CT molecular complexity index is 981. The van der Waals surface area contributed by atoms with E-state index in [2.05, 4.69) is 29.3 Å². The van der Waals surface area contributed by atoms with Crippen molar-refractivity contribution in [1.29, 1.82) is 0 Å². The van der Waals surface area contributed by atoms with Gasteiger partial charge < -0.3 is 15.0 Å². The number of carboxylic acid groups (broad SMARTS) is 1. The first-order chi connectivity index (χ1) is 16.0. The highest BCUT2D eigenvalue weighted by molar-refractivity contribution is 6.08. The molecule has 2 heterocycles. The van der Waals surface area contributed by atoms with Gasteiger partial charge in [-0.05, 0) is 69.1 Å². The summed E-state index contributed by atoms with van der Waals surface area (Å²) in [7, 11) is 0. The van der Waals surface area contributed by atoms with Gasteiger partial charge >= 0.3 is 0 Å². The van der Waals surface area contributed by atoms with Crippen LogP contribution in [0.25, 0.3) is 10.9 Å². The number of aromatic nitrogens is 1. The lowest BCUT2D eigenvalue weighted by Crippen LogP contribution is -2.38. The van der Waals surface area contributed by atoms with Gasteiger partial charge in [0.2, 0.25) is 0 Å². The molecular weight excluding hydrogens is 416 g/mol. The lowest BCUT2D eigenvalue weighted by Gasteiger charge is -2.33.